The highest BCUT2D eigenvalue weighted by molar-refractivity contribution is 5.69. The summed E-state index contributed by atoms with van der Waals surface area (Å²) in [5.74, 6) is 1.10. The predicted molar refractivity (Wildman–Crippen MR) is 75.3 cm³/mol. The maximum atomic E-state index is 10.6. The number of methoxy groups -OCH3 is 3. The molecule has 0 unspecified atom stereocenters. The second kappa shape index (κ2) is 6.79. The van der Waals surface area contributed by atoms with Gasteiger partial charge in [0, 0.05) is 12.5 Å². The van der Waals surface area contributed by atoms with E-state index in [9.17, 15) is 4.79 Å². The molecule has 0 amide bonds. The summed E-state index contributed by atoms with van der Waals surface area (Å²) in [6.07, 6.45) is 0.0860. The van der Waals surface area contributed by atoms with Gasteiger partial charge in [0.25, 0.3) is 0 Å². The zero-order valence-electron chi connectivity index (χ0n) is 12.5. The van der Waals surface area contributed by atoms with Crippen LogP contribution >= 0.6 is 0 Å². The van der Waals surface area contributed by atoms with Gasteiger partial charge < -0.3 is 23.8 Å². The van der Waals surface area contributed by atoms with Gasteiger partial charge in [-0.15, -0.1) is 0 Å². The molecule has 0 radical (unpaired) electrons. The average Bonchev–Trinajstić information content (AvgIpc) is 3.00. The van der Waals surface area contributed by atoms with E-state index in [0.29, 0.717) is 22.8 Å². The van der Waals surface area contributed by atoms with Gasteiger partial charge in [0.1, 0.15) is 5.75 Å². The van der Waals surface area contributed by atoms with Crippen LogP contribution in [0.2, 0.25) is 0 Å². The molecule has 0 aliphatic rings. The van der Waals surface area contributed by atoms with E-state index in [-0.39, 0.29) is 24.6 Å². The van der Waals surface area contributed by atoms with Crippen molar-refractivity contribution < 1.29 is 28.6 Å². The maximum absolute atomic E-state index is 10.6. The highest BCUT2D eigenvalue weighted by Crippen LogP contribution is 2.38. The number of hydrogen-bond acceptors (Lipinski definition) is 7. The fourth-order valence-electron chi connectivity index (χ4n) is 1.88. The number of aryl methyl sites for hydroxylation is 1. The highest BCUT2D eigenvalue weighted by atomic mass is 16.5. The molecular formula is C14H16N2O6. The minimum atomic E-state index is -0.927. The lowest BCUT2D eigenvalue weighted by Crippen LogP contribution is -1.98. The molecule has 0 fully saturated rings. The number of aliphatic carboxylic acids is 1. The largest absolute Gasteiger partial charge is 0.496 e. The van der Waals surface area contributed by atoms with E-state index >= 15 is 0 Å². The molecule has 0 atom stereocenters. The quantitative estimate of drug-likeness (QED) is 0.825. The fraction of sp³-hybridized carbons (Fsp3) is 0.357. The number of carboxylic acid groups (broad SMARTS) is 1. The van der Waals surface area contributed by atoms with Crippen LogP contribution in [0.4, 0.5) is 0 Å². The molecule has 0 aliphatic heterocycles. The highest BCUT2D eigenvalue weighted by Gasteiger charge is 2.18. The van der Waals surface area contributed by atoms with Gasteiger partial charge in [0.15, 0.2) is 11.5 Å². The Kier molecular flexibility index (Phi) is 4.82. The number of carboxylic acids is 1. The topological polar surface area (TPSA) is 104 Å². The van der Waals surface area contributed by atoms with Gasteiger partial charge in [0.2, 0.25) is 11.7 Å². The summed E-state index contributed by atoms with van der Waals surface area (Å²) in [6.45, 7) is 0. The lowest BCUT2D eigenvalue weighted by Gasteiger charge is -2.12. The van der Waals surface area contributed by atoms with E-state index in [2.05, 4.69) is 10.1 Å². The smallest absolute Gasteiger partial charge is 0.303 e. The van der Waals surface area contributed by atoms with Crippen LogP contribution in [0.5, 0.6) is 17.2 Å². The molecule has 0 saturated carbocycles. The van der Waals surface area contributed by atoms with Gasteiger partial charge in [-0.05, 0) is 6.07 Å². The molecule has 0 saturated heterocycles. The van der Waals surface area contributed by atoms with Crippen molar-refractivity contribution in [1.82, 2.24) is 10.1 Å². The van der Waals surface area contributed by atoms with Gasteiger partial charge >= 0.3 is 5.97 Å². The van der Waals surface area contributed by atoms with Crippen molar-refractivity contribution in [3.05, 3.63) is 18.0 Å². The molecule has 2 rings (SSSR count). The van der Waals surface area contributed by atoms with Crippen LogP contribution in [0, 0.1) is 0 Å². The number of benzene rings is 1. The minimum Gasteiger partial charge on any atom is -0.496 e. The monoisotopic (exact) mass is 308 g/mol. The van der Waals surface area contributed by atoms with Gasteiger partial charge in [0.05, 0.1) is 33.3 Å². The molecular weight excluding hydrogens is 292 g/mol. The number of ether oxygens (including phenoxy) is 3. The van der Waals surface area contributed by atoms with Crippen molar-refractivity contribution in [3.8, 4) is 28.6 Å². The van der Waals surface area contributed by atoms with Gasteiger partial charge in [-0.25, -0.2) is 0 Å². The molecule has 0 aliphatic carbocycles. The van der Waals surface area contributed by atoms with Crippen LogP contribution in [0.3, 0.4) is 0 Å². The van der Waals surface area contributed by atoms with Crippen LogP contribution in [0.15, 0.2) is 16.7 Å². The average molecular weight is 308 g/mol. The Morgan fingerprint density at radius 2 is 1.77 bits per heavy atom. The first-order valence-corrected chi connectivity index (χ1v) is 6.43. The summed E-state index contributed by atoms with van der Waals surface area (Å²) in [4.78, 5) is 14.7. The Hall–Kier alpha value is -2.77. The molecule has 22 heavy (non-hydrogen) atoms. The standard InChI is InChI=1S/C14H16N2O6/c1-19-9-7-11(21-3)10(20-2)6-8(9)14-15-12(22-16-14)4-5-13(17)18/h6-7H,4-5H2,1-3H3,(H,17,18). The van der Waals surface area contributed by atoms with Crippen molar-refractivity contribution in [3.63, 3.8) is 0 Å². The van der Waals surface area contributed by atoms with E-state index in [1.54, 1.807) is 12.1 Å². The Balaban J connectivity index is 2.36. The Labute approximate surface area is 126 Å². The molecule has 0 spiro atoms. The minimum absolute atomic E-state index is 0.0787. The Morgan fingerprint density at radius 1 is 1.14 bits per heavy atom. The van der Waals surface area contributed by atoms with Crippen molar-refractivity contribution >= 4 is 5.97 Å². The summed E-state index contributed by atoms with van der Waals surface area (Å²) in [7, 11) is 4.55. The van der Waals surface area contributed by atoms with E-state index < -0.39 is 5.97 Å². The zero-order valence-corrected chi connectivity index (χ0v) is 12.5. The predicted octanol–water partition coefficient (Wildman–Crippen LogP) is 1.78. The fourth-order valence-corrected chi connectivity index (χ4v) is 1.88. The van der Waals surface area contributed by atoms with Gasteiger partial charge in [-0.2, -0.15) is 4.98 Å². The molecule has 1 heterocycles. The third kappa shape index (κ3) is 3.27. The number of carbonyl (C=O) groups is 1. The molecule has 8 nitrogen and oxygen atoms in total. The van der Waals surface area contributed by atoms with Gasteiger partial charge in [-0.3, -0.25) is 4.79 Å². The summed E-state index contributed by atoms with van der Waals surface area (Å²) in [6, 6.07) is 3.32. The summed E-state index contributed by atoms with van der Waals surface area (Å²) < 4.78 is 20.8. The molecule has 118 valence electrons. The normalized spacial score (nSPS) is 10.3. The number of aromatic nitrogens is 2. The van der Waals surface area contributed by atoms with E-state index in [0.717, 1.165) is 0 Å². The molecule has 8 heteroatoms. The van der Waals surface area contributed by atoms with Crippen molar-refractivity contribution in [1.29, 1.82) is 0 Å². The first-order valence-electron chi connectivity index (χ1n) is 6.43. The van der Waals surface area contributed by atoms with Gasteiger partial charge in [-0.1, -0.05) is 5.16 Å². The van der Waals surface area contributed by atoms with E-state index in [1.807, 2.05) is 0 Å². The first kappa shape index (κ1) is 15.6. The Bertz CT molecular complexity index is 667. The molecule has 0 bridgehead atoms. The third-order valence-corrected chi connectivity index (χ3v) is 2.97. The van der Waals surface area contributed by atoms with Crippen LogP contribution in [-0.2, 0) is 11.2 Å². The summed E-state index contributed by atoms with van der Waals surface area (Å²) in [5.41, 5.74) is 0.561. The third-order valence-electron chi connectivity index (χ3n) is 2.97. The van der Waals surface area contributed by atoms with E-state index in [1.165, 1.54) is 21.3 Å². The lowest BCUT2D eigenvalue weighted by molar-refractivity contribution is -0.137. The number of nitrogens with zero attached hydrogens (tertiary/aromatic N) is 2. The second-order valence-corrected chi connectivity index (χ2v) is 4.31. The van der Waals surface area contributed by atoms with E-state index in [4.69, 9.17) is 23.8 Å². The molecule has 1 aromatic heterocycles. The SMILES string of the molecule is COc1cc(OC)c(-c2noc(CCC(=O)O)n2)cc1OC. The Morgan fingerprint density at radius 3 is 2.36 bits per heavy atom. The van der Waals surface area contributed by atoms with Crippen LogP contribution in [-0.4, -0.2) is 42.5 Å². The maximum Gasteiger partial charge on any atom is 0.303 e. The van der Waals surface area contributed by atoms with Crippen molar-refractivity contribution in [2.75, 3.05) is 21.3 Å². The zero-order chi connectivity index (χ0) is 16.1. The molecule has 2 aromatic rings. The van der Waals surface area contributed by atoms with Crippen LogP contribution < -0.4 is 14.2 Å². The van der Waals surface area contributed by atoms with Crippen molar-refractivity contribution in [2.45, 2.75) is 12.8 Å². The van der Waals surface area contributed by atoms with Crippen LogP contribution in [0.25, 0.3) is 11.4 Å². The molecule has 1 aromatic carbocycles. The van der Waals surface area contributed by atoms with Crippen molar-refractivity contribution in [2.24, 2.45) is 0 Å². The summed E-state index contributed by atoms with van der Waals surface area (Å²) in [5, 5.41) is 12.5. The first-order chi connectivity index (χ1) is 10.6. The lowest BCUT2D eigenvalue weighted by atomic mass is 10.1. The number of hydrogen-bond donors (Lipinski definition) is 1. The summed E-state index contributed by atoms with van der Waals surface area (Å²) >= 11 is 0. The molecule has 1 N–H and O–H groups in total. The number of rotatable bonds is 7. The second-order valence-electron chi connectivity index (χ2n) is 4.31. The van der Waals surface area contributed by atoms with Crippen LogP contribution in [0.1, 0.15) is 12.3 Å².